The van der Waals surface area contributed by atoms with Crippen LogP contribution in [-0.4, -0.2) is 11.1 Å². The third-order valence-electron chi connectivity index (χ3n) is 5.84. The van der Waals surface area contributed by atoms with E-state index in [4.69, 9.17) is 0 Å². The van der Waals surface area contributed by atoms with E-state index >= 15 is 0 Å². The van der Waals surface area contributed by atoms with Gasteiger partial charge < -0.3 is 5.11 Å². The lowest BCUT2D eigenvalue weighted by Crippen LogP contribution is -2.12. The molecule has 0 amide bonds. The minimum atomic E-state index is -0.695. The van der Waals surface area contributed by atoms with Gasteiger partial charge >= 0.3 is 5.97 Å². The lowest BCUT2D eigenvalue weighted by atomic mass is 9.89. The van der Waals surface area contributed by atoms with E-state index in [0.29, 0.717) is 0 Å². The number of hydrogen-bond acceptors (Lipinski definition) is 1. The lowest BCUT2D eigenvalue weighted by Gasteiger charge is -2.15. The number of carbonyl (C=O) groups is 1. The summed E-state index contributed by atoms with van der Waals surface area (Å²) in [6.45, 7) is 2.26. The Morgan fingerprint density at radius 2 is 1.29 bits per heavy atom. The fourth-order valence-corrected chi connectivity index (χ4v) is 4.16. The van der Waals surface area contributed by atoms with Crippen molar-refractivity contribution in [2.45, 2.75) is 96.3 Å². The van der Waals surface area contributed by atoms with Crippen LogP contribution in [0.2, 0.25) is 0 Å². The van der Waals surface area contributed by atoms with Gasteiger partial charge in [-0.05, 0) is 22.8 Å². The maximum absolute atomic E-state index is 11.9. The Hall–Kier alpha value is -1.83. The van der Waals surface area contributed by atoms with Crippen LogP contribution in [0.1, 0.15) is 102 Å². The van der Waals surface area contributed by atoms with Crippen LogP contribution in [0.25, 0.3) is 10.8 Å². The number of rotatable bonds is 15. The summed E-state index contributed by atoms with van der Waals surface area (Å²) in [5.74, 6) is -1.09. The van der Waals surface area contributed by atoms with Crippen molar-refractivity contribution in [3.8, 4) is 0 Å². The summed E-state index contributed by atoms with van der Waals surface area (Å²) in [5.41, 5.74) is 0.966. The van der Waals surface area contributed by atoms with Crippen molar-refractivity contribution in [3.05, 3.63) is 48.0 Å². The second-order valence-electron chi connectivity index (χ2n) is 8.14. The van der Waals surface area contributed by atoms with Gasteiger partial charge in [-0.15, -0.1) is 0 Å². The summed E-state index contributed by atoms with van der Waals surface area (Å²) in [7, 11) is 0. The van der Waals surface area contributed by atoms with Crippen LogP contribution < -0.4 is 0 Å². The molecule has 154 valence electrons. The van der Waals surface area contributed by atoms with Crippen molar-refractivity contribution in [1.82, 2.24) is 0 Å². The molecule has 0 aliphatic carbocycles. The minimum absolute atomic E-state index is 0.394. The van der Waals surface area contributed by atoms with Gasteiger partial charge in [-0.25, -0.2) is 0 Å². The Labute approximate surface area is 171 Å². The van der Waals surface area contributed by atoms with E-state index < -0.39 is 11.9 Å². The van der Waals surface area contributed by atoms with Crippen molar-refractivity contribution in [3.63, 3.8) is 0 Å². The van der Waals surface area contributed by atoms with Crippen molar-refractivity contribution in [1.29, 1.82) is 0 Å². The maximum Gasteiger partial charge on any atom is 0.310 e. The Balaban J connectivity index is 1.66. The van der Waals surface area contributed by atoms with Gasteiger partial charge in [-0.1, -0.05) is 126 Å². The standard InChI is InChI=1S/C26H38O2/c1-2-3-4-5-6-7-8-9-10-11-12-13-20-25(26(27)28)24-21-16-18-22-17-14-15-19-23(22)24/h14-19,21,25H,2-13,20H2,1H3,(H,27,28)/t25-/m0/s1. The van der Waals surface area contributed by atoms with E-state index in [-0.39, 0.29) is 0 Å². The van der Waals surface area contributed by atoms with E-state index in [2.05, 4.69) is 19.1 Å². The molecular weight excluding hydrogens is 344 g/mol. The zero-order chi connectivity index (χ0) is 20.0. The molecule has 0 spiro atoms. The normalized spacial score (nSPS) is 12.3. The summed E-state index contributed by atoms with van der Waals surface area (Å²) >= 11 is 0. The van der Waals surface area contributed by atoms with Gasteiger partial charge in [0.2, 0.25) is 0 Å². The molecule has 0 aromatic heterocycles. The highest BCUT2D eigenvalue weighted by atomic mass is 16.4. The van der Waals surface area contributed by atoms with Gasteiger partial charge in [0.1, 0.15) is 0 Å². The van der Waals surface area contributed by atoms with Crippen molar-refractivity contribution >= 4 is 16.7 Å². The highest BCUT2D eigenvalue weighted by molar-refractivity contribution is 5.90. The Bertz CT molecular complexity index is 686. The van der Waals surface area contributed by atoms with Gasteiger partial charge in [0.05, 0.1) is 5.92 Å². The quantitative estimate of drug-likeness (QED) is 0.316. The molecule has 2 aromatic carbocycles. The highest BCUT2D eigenvalue weighted by Gasteiger charge is 2.21. The van der Waals surface area contributed by atoms with E-state index in [9.17, 15) is 9.90 Å². The molecule has 2 aromatic rings. The van der Waals surface area contributed by atoms with Crippen LogP contribution >= 0.6 is 0 Å². The Morgan fingerprint density at radius 3 is 1.89 bits per heavy atom. The second kappa shape index (κ2) is 13.4. The largest absolute Gasteiger partial charge is 0.481 e. The molecule has 0 radical (unpaired) electrons. The van der Waals surface area contributed by atoms with Crippen LogP contribution in [0.3, 0.4) is 0 Å². The SMILES string of the molecule is CCCCCCCCCCCCCC[C@H](C(=O)O)c1cccc2ccccc12. The Kier molecular flexibility index (Phi) is 10.7. The van der Waals surface area contributed by atoms with Gasteiger partial charge in [-0.2, -0.15) is 0 Å². The molecule has 0 saturated heterocycles. The first-order valence-corrected chi connectivity index (χ1v) is 11.4. The molecule has 0 heterocycles. The lowest BCUT2D eigenvalue weighted by molar-refractivity contribution is -0.139. The number of benzene rings is 2. The first-order valence-electron chi connectivity index (χ1n) is 11.4. The fraction of sp³-hybridized carbons (Fsp3) is 0.577. The molecule has 1 N–H and O–H groups in total. The molecule has 2 nitrogen and oxygen atoms in total. The van der Waals surface area contributed by atoms with E-state index in [0.717, 1.165) is 35.6 Å². The van der Waals surface area contributed by atoms with Crippen LogP contribution in [0.4, 0.5) is 0 Å². The predicted molar refractivity (Wildman–Crippen MR) is 120 cm³/mol. The number of aliphatic carboxylic acids is 1. The molecule has 2 rings (SSSR count). The van der Waals surface area contributed by atoms with Gasteiger partial charge in [0.15, 0.2) is 0 Å². The first-order chi connectivity index (χ1) is 13.7. The van der Waals surface area contributed by atoms with Crippen LogP contribution in [0, 0.1) is 0 Å². The number of carboxylic acids is 1. The summed E-state index contributed by atoms with van der Waals surface area (Å²) in [6.07, 6.45) is 16.4. The van der Waals surface area contributed by atoms with E-state index in [1.807, 2.05) is 30.3 Å². The number of hydrogen-bond donors (Lipinski definition) is 1. The monoisotopic (exact) mass is 382 g/mol. The van der Waals surface area contributed by atoms with Crippen molar-refractivity contribution < 1.29 is 9.90 Å². The van der Waals surface area contributed by atoms with Crippen LogP contribution in [-0.2, 0) is 4.79 Å². The molecule has 28 heavy (non-hydrogen) atoms. The first kappa shape index (κ1) is 22.5. The molecule has 0 bridgehead atoms. The van der Waals surface area contributed by atoms with E-state index in [1.54, 1.807) is 0 Å². The third kappa shape index (κ3) is 7.66. The zero-order valence-corrected chi connectivity index (χ0v) is 17.7. The average molecular weight is 383 g/mol. The second-order valence-corrected chi connectivity index (χ2v) is 8.14. The highest BCUT2D eigenvalue weighted by Crippen LogP contribution is 2.30. The van der Waals surface area contributed by atoms with E-state index in [1.165, 1.54) is 64.2 Å². The molecule has 1 atom stereocenters. The molecule has 0 fully saturated rings. The number of fused-ring (bicyclic) bond motifs is 1. The maximum atomic E-state index is 11.9. The minimum Gasteiger partial charge on any atom is -0.481 e. The van der Waals surface area contributed by atoms with Gasteiger partial charge in [-0.3, -0.25) is 4.79 Å². The van der Waals surface area contributed by atoms with Gasteiger partial charge in [0.25, 0.3) is 0 Å². The summed E-state index contributed by atoms with van der Waals surface area (Å²) in [6, 6.07) is 14.1. The topological polar surface area (TPSA) is 37.3 Å². The van der Waals surface area contributed by atoms with Crippen LogP contribution in [0.5, 0.6) is 0 Å². The number of unbranched alkanes of at least 4 members (excludes halogenated alkanes) is 11. The molecular formula is C26H38O2. The zero-order valence-electron chi connectivity index (χ0n) is 17.7. The Morgan fingerprint density at radius 1 is 0.750 bits per heavy atom. The molecule has 2 heteroatoms. The molecule has 0 aliphatic heterocycles. The summed E-state index contributed by atoms with van der Waals surface area (Å²) < 4.78 is 0. The van der Waals surface area contributed by atoms with Crippen molar-refractivity contribution in [2.24, 2.45) is 0 Å². The predicted octanol–water partition coefficient (Wildman–Crippen LogP) is 8.10. The molecule has 0 saturated carbocycles. The molecule has 0 aliphatic rings. The molecule has 0 unspecified atom stereocenters. The summed E-state index contributed by atoms with van der Waals surface area (Å²) in [4.78, 5) is 11.9. The third-order valence-corrected chi connectivity index (χ3v) is 5.84. The average Bonchev–Trinajstić information content (AvgIpc) is 2.71. The van der Waals surface area contributed by atoms with Gasteiger partial charge in [0, 0.05) is 0 Å². The van der Waals surface area contributed by atoms with Crippen molar-refractivity contribution in [2.75, 3.05) is 0 Å². The summed E-state index contributed by atoms with van der Waals surface area (Å²) in [5, 5.41) is 12.0. The fourth-order valence-electron chi connectivity index (χ4n) is 4.16. The van der Waals surface area contributed by atoms with Crippen LogP contribution in [0.15, 0.2) is 42.5 Å². The smallest absolute Gasteiger partial charge is 0.310 e. The number of carboxylic acid groups (broad SMARTS) is 1.